The van der Waals surface area contributed by atoms with E-state index in [2.05, 4.69) is 37.4 Å². The van der Waals surface area contributed by atoms with Crippen LogP contribution in [0.25, 0.3) is 0 Å². The molecule has 0 spiro atoms. The molecule has 1 N–H and O–H groups in total. The lowest BCUT2D eigenvalue weighted by Gasteiger charge is -2.13. The van der Waals surface area contributed by atoms with Crippen LogP contribution in [0, 0.1) is 19.8 Å². The Hall–Kier alpha value is -0.980. The predicted molar refractivity (Wildman–Crippen MR) is 71.0 cm³/mol. The molecule has 1 saturated carbocycles. The number of anilines is 1. The normalized spacial score (nSPS) is 16.6. The minimum absolute atomic E-state index is 0.984. The van der Waals surface area contributed by atoms with Crippen LogP contribution in [0.1, 0.15) is 43.2 Å². The smallest absolute Gasteiger partial charge is 0.0372 e. The zero-order chi connectivity index (χ0) is 11.4. The lowest BCUT2D eigenvalue weighted by atomic mass is 10.0. The molecular formula is C15H23N. The Labute approximate surface area is 99.3 Å². The van der Waals surface area contributed by atoms with Crippen LogP contribution in [0.4, 0.5) is 5.69 Å². The summed E-state index contributed by atoms with van der Waals surface area (Å²) in [6, 6.07) is 6.63. The molecule has 1 heteroatoms. The van der Waals surface area contributed by atoms with Crippen molar-refractivity contribution in [1.29, 1.82) is 0 Å². The van der Waals surface area contributed by atoms with Gasteiger partial charge in [0.1, 0.15) is 0 Å². The highest BCUT2D eigenvalue weighted by Crippen LogP contribution is 2.27. The summed E-state index contributed by atoms with van der Waals surface area (Å²) >= 11 is 0. The van der Waals surface area contributed by atoms with Crippen molar-refractivity contribution in [1.82, 2.24) is 0 Å². The van der Waals surface area contributed by atoms with Crippen molar-refractivity contribution in [2.24, 2.45) is 5.92 Å². The van der Waals surface area contributed by atoms with Crippen LogP contribution >= 0.6 is 0 Å². The summed E-state index contributed by atoms with van der Waals surface area (Å²) in [5.74, 6) is 0.984. The van der Waals surface area contributed by atoms with Gasteiger partial charge in [0.15, 0.2) is 0 Å². The highest BCUT2D eigenvalue weighted by molar-refractivity contribution is 5.52. The van der Waals surface area contributed by atoms with Crippen molar-refractivity contribution in [3.63, 3.8) is 0 Å². The lowest BCUT2D eigenvalue weighted by molar-refractivity contribution is 0.518. The SMILES string of the molecule is Cc1ccc(C)c(NCCC2CCCC2)c1. The maximum absolute atomic E-state index is 3.58. The number of hydrogen-bond acceptors (Lipinski definition) is 1. The Balaban J connectivity index is 1.82. The molecule has 0 aliphatic heterocycles. The second kappa shape index (κ2) is 5.38. The van der Waals surface area contributed by atoms with Crippen LogP contribution in [-0.2, 0) is 0 Å². The van der Waals surface area contributed by atoms with Crippen molar-refractivity contribution < 1.29 is 0 Å². The van der Waals surface area contributed by atoms with Gasteiger partial charge >= 0.3 is 0 Å². The zero-order valence-electron chi connectivity index (χ0n) is 10.6. The summed E-state index contributed by atoms with van der Waals surface area (Å²) in [6.45, 7) is 5.47. The van der Waals surface area contributed by atoms with Crippen LogP contribution in [0.2, 0.25) is 0 Å². The van der Waals surface area contributed by atoms with Crippen LogP contribution in [-0.4, -0.2) is 6.54 Å². The van der Waals surface area contributed by atoms with Gasteiger partial charge < -0.3 is 5.32 Å². The van der Waals surface area contributed by atoms with Crippen LogP contribution < -0.4 is 5.32 Å². The monoisotopic (exact) mass is 217 g/mol. The van der Waals surface area contributed by atoms with Crippen molar-refractivity contribution in [2.75, 3.05) is 11.9 Å². The van der Waals surface area contributed by atoms with Gasteiger partial charge in [0, 0.05) is 12.2 Å². The molecule has 0 bridgehead atoms. The van der Waals surface area contributed by atoms with E-state index in [0.717, 1.165) is 12.5 Å². The summed E-state index contributed by atoms with van der Waals surface area (Å²) in [6.07, 6.45) is 7.15. The first kappa shape index (κ1) is 11.5. The fraction of sp³-hybridized carbons (Fsp3) is 0.600. The molecule has 1 aliphatic rings. The maximum atomic E-state index is 3.58. The molecular weight excluding hydrogens is 194 g/mol. The average molecular weight is 217 g/mol. The van der Waals surface area contributed by atoms with Crippen molar-refractivity contribution in [3.05, 3.63) is 29.3 Å². The van der Waals surface area contributed by atoms with Crippen molar-refractivity contribution in [2.45, 2.75) is 46.0 Å². The third-order valence-corrected chi connectivity index (χ3v) is 3.74. The Kier molecular flexibility index (Phi) is 3.87. The molecule has 2 rings (SSSR count). The lowest BCUT2D eigenvalue weighted by Crippen LogP contribution is -2.07. The summed E-state index contributed by atoms with van der Waals surface area (Å²) in [5, 5.41) is 3.58. The first-order valence-electron chi connectivity index (χ1n) is 6.57. The molecule has 0 unspecified atom stereocenters. The number of nitrogens with one attached hydrogen (secondary N) is 1. The van der Waals surface area contributed by atoms with Gasteiger partial charge in [-0.2, -0.15) is 0 Å². The Morgan fingerprint density at radius 2 is 1.94 bits per heavy atom. The highest BCUT2D eigenvalue weighted by Gasteiger charge is 2.14. The predicted octanol–water partition coefficient (Wildman–Crippen LogP) is 4.30. The highest BCUT2D eigenvalue weighted by atomic mass is 14.9. The van der Waals surface area contributed by atoms with E-state index < -0.39 is 0 Å². The fourth-order valence-corrected chi connectivity index (χ4v) is 2.64. The molecule has 1 fully saturated rings. The van der Waals surface area contributed by atoms with Gasteiger partial charge in [-0.3, -0.25) is 0 Å². The number of aryl methyl sites for hydroxylation is 2. The first-order chi connectivity index (χ1) is 7.75. The molecule has 1 aliphatic carbocycles. The average Bonchev–Trinajstić information content (AvgIpc) is 2.76. The molecule has 0 aromatic heterocycles. The van der Waals surface area contributed by atoms with Gasteiger partial charge in [-0.25, -0.2) is 0 Å². The Morgan fingerprint density at radius 1 is 1.19 bits per heavy atom. The van der Waals surface area contributed by atoms with E-state index in [1.807, 2.05) is 0 Å². The van der Waals surface area contributed by atoms with Crippen molar-refractivity contribution >= 4 is 5.69 Å². The third kappa shape index (κ3) is 3.01. The Morgan fingerprint density at radius 3 is 2.69 bits per heavy atom. The van der Waals surface area contributed by atoms with Gasteiger partial charge in [0.05, 0.1) is 0 Å². The summed E-state index contributed by atoms with van der Waals surface area (Å²) < 4.78 is 0. The molecule has 88 valence electrons. The second-order valence-corrected chi connectivity index (χ2v) is 5.18. The van der Waals surface area contributed by atoms with Gasteiger partial charge in [-0.15, -0.1) is 0 Å². The number of benzene rings is 1. The Bertz CT molecular complexity index is 337. The van der Waals surface area contributed by atoms with E-state index in [1.54, 1.807) is 0 Å². The number of rotatable bonds is 4. The van der Waals surface area contributed by atoms with E-state index in [4.69, 9.17) is 0 Å². The zero-order valence-corrected chi connectivity index (χ0v) is 10.6. The topological polar surface area (TPSA) is 12.0 Å². The van der Waals surface area contributed by atoms with E-state index in [9.17, 15) is 0 Å². The molecule has 16 heavy (non-hydrogen) atoms. The largest absolute Gasteiger partial charge is 0.385 e. The minimum atomic E-state index is 0.984. The van der Waals surface area contributed by atoms with Crippen LogP contribution in [0.3, 0.4) is 0 Å². The van der Waals surface area contributed by atoms with E-state index in [-0.39, 0.29) is 0 Å². The van der Waals surface area contributed by atoms with Gasteiger partial charge in [-0.05, 0) is 43.4 Å². The second-order valence-electron chi connectivity index (χ2n) is 5.18. The molecule has 0 atom stereocenters. The summed E-state index contributed by atoms with van der Waals surface area (Å²) in [7, 11) is 0. The molecule has 1 aromatic carbocycles. The molecule has 0 heterocycles. The fourth-order valence-electron chi connectivity index (χ4n) is 2.64. The summed E-state index contributed by atoms with van der Waals surface area (Å²) in [4.78, 5) is 0. The quantitative estimate of drug-likeness (QED) is 0.793. The first-order valence-corrected chi connectivity index (χ1v) is 6.57. The molecule has 0 amide bonds. The van der Waals surface area contributed by atoms with Gasteiger partial charge in [0.25, 0.3) is 0 Å². The maximum Gasteiger partial charge on any atom is 0.0372 e. The van der Waals surface area contributed by atoms with E-state index in [1.165, 1.54) is 48.9 Å². The van der Waals surface area contributed by atoms with E-state index in [0.29, 0.717) is 0 Å². The van der Waals surface area contributed by atoms with Gasteiger partial charge in [-0.1, -0.05) is 37.8 Å². The number of hydrogen-bond donors (Lipinski definition) is 1. The molecule has 1 aromatic rings. The summed E-state index contributed by atoms with van der Waals surface area (Å²) in [5.41, 5.74) is 4.02. The van der Waals surface area contributed by atoms with Crippen LogP contribution in [0.5, 0.6) is 0 Å². The third-order valence-electron chi connectivity index (χ3n) is 3.74. The van der Waals surface area contributed by atoms with E-state index >= 15 is 0 Å². The molecule has 0 saturated heterocycles. The minimum Gasteiger partial charge on any atom is -0.385 e. The van der Waals surface area contributed by atoms with Crippen molar-refractivity contribution in [3.8, 4) is 0 Å². The van der Waals surface area contributed by atoms with Crippen LogP contribution in [0.15, 0.2) is 18.2 Å². The standard InChI is InChI=1S/C15H23N/c1-12-7-8-13(2)15(11-12)16-10-9-14-5-3-4-6-14/h7-8,11,14,16H,3-6,9-10H2,1-2H3. The molecule has 0 radical (unpaired) electrons. The van der Waals surface area contributed by atoms with Gasteiger partial charge in [0.2, 0.25) is 0 Å². The molecule has 1 nitrogen and oxygen atoms in total.